The molecule has 3 aromatic rings. The van der Waals surface area contributed by atoms with Crippen molar-refractivity contribution in [1.82, 2.24) is 9.55 Å². The third-order valence-electron chi connectivity index (χ3n) is 6.03. The number of esters is 1. The Bertz CT molecular complexity index is 1140. The number of pyridine rings is 1. The van der Waals surface area contributed by atoms with E-state index in [1.165, 1.54) is 6.92 Å². The molecule has 2 aromatic heterocycles. The van der Waals surface area contributed by atoms with Crippen molar-refractivity contribution in [2.45, 2.75) is 64.8 Å². The van der Waals surface area contributed by atoms with Crippen LogP contribution in [0.15, 0.2) is 60.9 Å². The van der Waals surface area contributed by atoms with Crippen LogP contribution in [0.3, 0.4) is 0 Å². The lowest BCUT2D eigenvalue weighted by atomic mass is 10.1. The molecular formula is C28H34F2N2O3. The van der Waals surface area contributed by atoms with Crippen molar-refractivity contribution in [2.24, 2.45) is 0 Å². The molecule has 0 bridgehead atoms. The van der Waals surface area contributed by atoms with E-state index in [4.69, 9.17) is 9.47 Å². The predicted octanol–water partition coefficient (Wildman–Crippen LogP) is 7.37. The van der Waals surface area contributed by atoms with Crippen LogP contribution in [0.2, 0.25) is 0 Å². The lowest BCUT2D eigenvalue weighted by Gasteiger charge is -2.18. The molecule has 1 atom stereocenters. The zero-order valence-corrected chi connectivity index (χ0v) is 20.7. The van der Waals surface area contributed by atoms with Crippen molar-refractivity contribution in [3.63, 3.8) is 0 Å². The number of alkyl halides is 2. The number of carbonyl (C=O) groups is 1. The monoisotopic (exact) mass is 484 g/mol. The van der Waals surface area contributed by atoms with Gasteiger partial charge in [0.05, 0.1) is 24.4 Å². The van der Waals surface area contributed by atoms with Gasteiger partial charge in [-0.25, -0.2) is 13.6 Å². The van der Waals surface area contributed by atoms with Crippen LogP contribution in [0, 0.1) is 0 Å². The number of hydrogen-bond donors (Lipinski definition) is 0. The largest absolute Gasteiger partial charge is 0.494 e. The van der Waals surface area contributed by atoms with Gasteiger partial charge in [0.1, 0.15) is 5.75 Å². The fourth-order valence-electron chi connectivity index (χ4n) is 3.95. The number of carbonyl (C=O) groups excluding carboxylic acids is 1. The lowest BCUT2D eigenvalue weighted by Crippen LogP contribution is -2.18. The van der Waals surface area contributed by atoms with Gasteiger partial charge in [-0.2, -0.15) is 0 Å². The fourth-order valence-corrected chi connectivity index (χ4v) is 3.95. The van der Waals surface area contributed by atoms with Crippen LogP contribution in [0.4, 0.5) is 8.78 Å². The van der Waals surface area contributed by atoms with Gasteiger partial charge in [-0.3, -0.25) is 4.98 Å². The highest BCUT2D eigenvalue weighted by Crippen LogP contribution is 2.34. The Morgan fingerprint density at radius 2 is 1.91 bits per heavy atom. The average Bonchev–Trinajstić information content (AvgIpc) is 3.23. The van der Waals surface area contributed by atoms with E-state index in [-0.39, 0.29) is 50.5 Å². The molecular weight excluding hydrogens is 450 g/mol. The van der Waals surface area contributed by atoms with Gasteiger partial charge in [0, 0.05) is 53.9 Å². The molecule has 0 aliphatic heterocycles. The molecule has 2 heterocycles. The maximum absolute atomic E-state index is 14.2. The summed E-state index contributed by atoms with van der Waals surface area (Å²) in [6.45, 7) is 9.48. The van der Waals surface area contributed by atoms with E-state index in [2.05, 4.69) is 36.0 Å². The summed E-state index contributed by atoms with van der Waals surface area (Å²) in [4.78, 5) is 15.6. The van der Waals surface area contributed by atoms with Gasteiger partial charge >= 0.3 is 5.97 Å². The van der Waals surface area contributed by atoms with Crippen molar-refractivity contribution in [1.29, 1.82) is 0 Å². The molecule has 0 N–H and O–H groups in total. The molecule has 5 nitrogen and oxygen atoms in total. The van der Waals surface area contributed by atoms with Crippen molar-refractivity contribution in [3.05, 3.63) is 60.9 Å². The minimum Gasteiger partial charge on any atom is -0.494 e. The second-order valence-electron chi connectivity index (χ2n) is 8.95. The zero-order chi connectivity index (χ0) is 25.4. The van der Waals surface area contributed by atoms with Crippen LogP contribution >= 0.6 is 0 Å². The normalized spacial score (nSPS) is 12.5. The maximum Gasteiger partial charge on any atom is 0.333 e. The first-order chi connectivity index (χ1) is 16.7. The molecule has 0 fully saturated rings. The number of rotatable bonds is 13. The van der Waals surface area contributed by atoms with Crippen LogP contribution < -0.4 is 4.74 Å². The van der Waals surface area contributed by atoms with Crippen molar-refractivity contribution in [3.8, 4) is 17.0 Å². The molecule has 188 valence electrons. The van der Waals surface area contributed by atoms with E-state index in [1.54, 1.807) is 6.20 Å². The van der Waals surface area contributed by atoms with E-state index in [0.29, 0.717) is 5.75 Å². The highest BCUT2D eigenvalue weighted by Gasteiger charge is 2.27. The summed E-state index contributed by atoms with van der Waals surface area (Å²) in [5.74, 6) is -2.72. The number of benzene rings is 1. The molecule has 0 amide bonds. The van der Waals surface area contributed by atoms with Crippen LogP contribution in [-0.2, 0) is 9.53 Å². The molecule has 1 unspecified atom stereocenters. The van der Waals surface area contributed by atoms with Gasteiger partial charge in [-0.05, 0) is 63.4 Å². The molecule has 0 radical (unpaired) electrons. The second kappa shape index (κ2) is 12.0. The summed E-state index contributed by atoms with van der Waals surface area (Å²) in [5, 5.41) is 1.09. The summed E-state index contributed by atoms with van der Waals surface area (Å²) in [6.07, 6.45) is 4.30. The minimum absolute atomic E-state index is 0.0331. The van der Waals surface area contributed by atoms with Crippen molar-refractivity contribution < 1.29 is 23.0 Å². The Morgan fingerprint density at radius 3 is 2.57 bits per heavy atom. The number of hydrogen-bond acceptors (Lipinski definition) is 4. The third kappa shape index (κ3) is 7.13. The molecule has 7 heteroatoms. The quantitative estimate of drug-likeness (QED) is 0.144. The molecule has 0 aliphatic rings. The van der Waals surface area contributed by atoms with E-state index >= 15 is 0 Å². The average molecular weight is 485 g/mol. The Hall–Kier alpha value is -3.22. The summed E-state index contributed by atoms with van der Waals surface area (Å²) in [6, 6.07) is 12.3. The smallest absolute Gasteiger partial charge is 0.333 e. The zero-order valence-electron chi connectivity index (χ0n) is 20.7. The number of nitrogens with zero attached hydrogens (tertiary/aromatic N) is 2. The third-order valence-corrected chi connectivity index (χ3v) is 6.03. The van der Waals surface area contributed by atoms with Crippen LogP contribution in [-0.4, -0.2) is 34.7 Å². The van der Waals surface area contributed by atoms with Crippen LogP contribution in [0.1, 0.15) is 58.9 Å². The Morgan fingerprint density at radius 1 is 1.17 bits per heavy atom. The van der Waals surface area contributed by atoms with Gasteiger partial charge < -0.3 is 14.0 Å². The van der Waals surface area contributed by atoms with Crippen LogP contribution in [0.25, 0.3) is 22.2 Å². The summed E-state index contributed by atoms with van der Waals surface area (Å²) < 4.78 is 41.3. The van der Waals surface area contributed by atoms with E-state index in [0.717, 1.165) is 28.6 Å². The highest BCUT2D eigenvalue weighted by molar-refractivity contribution is 5.88. The maximum atomic E-state index is 14.2. The lowest BCUT2D eigenvalue weighted by molar-refractivity contribution is -0.139. The molecule has 0 saturated heterocycles. The predicted molar refractivity (Wildman–Crippen MR) is 135 cm³/mol. The summed E-state index contributed by atoms with van der Waals surface area (Å²) >= 11 is 0. The Labute approximate surface area is 205 Å². The van der Waals surface area contributed by atoms with Crippen molar-refractivity contribution in [2.75, 3.05) is 13.2 Å². The van der Waals surface area contributed by atoms with Gasteiger partial charge in [-0.15, -0.1) is 0 Å². The van der Waals surface area contributed by atoms with E-state index in [1.807, 2.05) is 36.5 Å². The Balaban J connectivity index is 1.59. The number of ether oxygens (including phenoxy) is 2. The molecule has 0 saturated carbocycles. The first kappa shape index (κ1) is 26.4. The molecule has 35 heavy (non-hydrogen) atoms. The molecule has 0 spiro atoms. The molecule has 0 aliphatic carbocycles. The SMILES string of the molecule is C=C(C)C(=O)OCCCC(F)(F)CCCOc1ccc2cc(-c3cccnc3)n(C(C)CC)c2c1. The summed E-state index contributed by atoms with van der Waals surface area (Å²) in [7, 11) is 0. The molecule has 1 aromatic carbocycles. The van der Waals surface area contributed by atoms with Gasteiger partial charge in [0.15, 0.2) is 0 Å². The highest BCUT2D eigenvalue weighted by atomic mass is 19.3. The van der Waals surface area contributed by atoms with Gasteiger partial charge in [-0.1, -0.05) is 13.5 Å². The number of fused-ring (bicyclic) bond motifs is 1. The standard InChI is InChI=1S/C28H34F2N2O3/c1-5-21(4)32-25(23-9-6-14-31-19-23)17-22-10-11-24(18-26(22)32)34-15-7-12-28(29,30)13-8-16-35-27(33)20(2)3/h6,9-11,14,17-19,21H,2,5,7-8,12-13,15-16H2,1,3-4H3. The van der Waals surface area contributed by atoms with Gasteiger partial charge in [0.2, 0.25) is 5.92 Å². The number of halogens is 2. The van der Waals surface area contributed by atoms with E-state index < -0.39 is 11.9 Å². The second-order valence-corrected chi connectivity index (χ2v) is 8.95. The Kier molecular flexibility index (Phi) is 9.01. The number of aromatic nitrogens is 2. The minimum atomic E-state index is -2.83. The van der Waals surface area contributed by atoms with E-state index in [9.17, 15) is 13.6 Å². The summed E-state index contributed by atoms with van der Waals surface area (Å²) in [5.41, 5.74) is 3.44. The van der Waals surface area contributed by atoms with Crippen LogP contribution in [0.5, 0.6) is 5.75 Å². The molecule has 3 rings (SSSR count). The first-order valence-electron chi connectivity index (χ1n) is 12.1. The van der Waals surface area contributed by atoms with Crippen molar-refractivity contribution >= 4 is 16.9 Å². The fraction of sp³-hybridized carbons (Fsp3) is 0.429. The van der Waals surface area contributed by atoms with Gasteiger partial charge in [0.25, 0.3) is 0 Å². The topological polar surface area (TPSA) is 53.4 Å². The first-order valence-corrected chi connectivity index (χ1v) is 12.1.